The highest BCUT2D eigenvalue weighted by molar-refractivity contribution is 8.03. The Kier molecular flexibility index (Phi) is 5.14. The zero-order valence-electron chi connectivity index (χ0n) is 13.1. The molecule has 1 heterocycles. The first-order valence-corrected chi connectivity index (χ1v) is 9.30. The third-order valence-corrected chi connectivity index (χ3v) is 6.58. The van der Waals surface area contributed by atoms with Gasteiger partial charge in [-0.3, -0.25) is 29.3 Å². The van der Waals surface area contributed by atoms with Gasteiger partial charge in [0.1, 0.15) is 5.60 Å². The highest BCUT2D eigenvalue weighted by atomic mass is 32.2. The van der Waals surface area contributed by atoms with Crippen molar-refractivity contribution < 1.29 is 23.5 Å². The Balaban J connectivity index is 2.41. The smallest absolute Gasteiger partial charge is 0.306 e. The van der Waals surface area contributed by atoms with Crippen LogP contribution in [0.3, 0.4) is 0 Å². The Morgan fingerprint density at radius 2 is 1.96 bits per heavy atom. The van der Waals surface area contributed by atoms with Crippen molar-refractivity contribution in [2.45, 2.75) is 31.3 Å². The first-order valence-electron chi connectivity index (χ1n) is 6.87. The molecular weight excluding hydrogens is 359 g/mol. The van der Waals surface area contributed by atoms with Gasteiger partial charge in [0.15, 0.2) is 0 Å². The fourth-order valence-electron chi connectivity index (χ4n) is 2.05. The van der Waals surface area contributed by atoms with Crippen LogP contribution < -0.4 is 0 Å². The SMILES string of the molecule is CCO[P@@]1(=O)C=C(Sc2ccc([N+](=O)[O-])cc2[N+](=O)[O-])C(C)(C)O1. The van der Waals surface area contributed by atoms with E-state index in [1.165, 1.54) is 17.9 Å². The fraction of sp³-hybridized carbons (Fsp3) is 0.385. The van der Waals surface area contributed by atoms with Gasteiger partial charge in [-0.15, -0.1) is 0 Å². The Morgan fingerprint density at radius 1 is 1.29 bits per heavy atom. The molecule has 1 aliphatic heterocycles. The van der Waals surface area contributed by atoms with Gasteiger partial charge in [-0.1, -0.05) is 11.8 Å². The summed E-state index contributed by atoms with van der Waals surface area (Å²) in [6.07, 6.45) is 0. The van der Waals surface area contributed by atoms with Gasteiger partial charge in [0.05, 0.1) is 27.4 Å². The van der Waals surface area contributed by atoms with E-state index >= 15 is 0 Å². The molecule has 0 spiro atoms. The van der Waals surface area contributed by atoms with E-state index in [-0.39, 0.29) is 17.2 Å². The van der Waals surface area contributed by atoms with Gasteiger partial charge in [0.2, 0.25) is 0 Å². The quantitative estimate of drug-likeness (QED) is 0.406. The molecule has 1 atom stereocenters. The van der Waals surface area contributed by atoms with Crippen LogP contribution in [0.2, 0.25) is 0 Å². The second kappa shape index (κ2) is 6.64. The molecule has 9 nitrogen and oxygen atoms in total. The first kappa shape index (κ1) is 18.6. The van der Waals surface area contributed by atoms with Gasteiger partial charge in [-0.2, -0.15) is 0 Å². The number of benzene rings is 1. The van der Waals surface area contributed by atoms with E-state index in [9.17, 15) is 24.8 Å². The molecule has 11 heteroatoms. The Labute approximate surface area is 141 Å². The van der Waals surface area contributed by atoms with Crippen LogP contribution in [0.25, 0.3) is 0 Å². The molecule has 0 unspecified atom stereocenters. The van der Waals surface area contributed by atoms with Gasteiger partial charge in [-0.05, 0) is 26.8 Å². The summed E-state index contributed by atoms with van der Waals surface area (Å²) in [6.45, 7) is 5.21. The average molecular weight is 374 g/mol. The van der Waals surface area contributed by atoms with Crippen molar-refractivity contribution in [3.8, 4) is 0 Å². The van der Waals surface area contributed by atoms with E-state index in [4.69, 9.17) is 9.05 Å². The van der Waals surface area contributed by atoms with E-state index in [2.05, 4.69) is 0 Å². The third kappa shape index (κ3) is 3.84. The average Bonchev–Trinajstić information content (AvgIpc) is 2.68. The van der Waals surface area contributed by atoms with Crippen molar-refractivity contribution in [2.75, 3.05) is 6.61 Å². The molecule has 0 fully saturated rings. The molecule has 2 rings (SSSR count). The lowest BCUT2D eigenvalue weighted by molar-refractivity contribution is -0.396. The normalized spacial score (nSPS) is 22.2. The Bertz CT molecular complexity index is 778. The second-order valence-electron chi connectivity index (χ2n) is 5.32. The Hall–Kier alpha value is -1.74. The van der Waals surface area contributed by atoms with Gasteiger partial charge in [-0.25, -0.2) is 0 Å². The molecule has 0 aromatic heterocycles. The lowest BCUT2D eigenvalue weighted by Gasteiger charge is -2.22. The first-order chi connectivity index (χ1) is 11.1. The predicted octanol–water partition coefficient (Wildman–Crippen LogP) is 4.47. The molecule has 0 bridgehead atoms. The monoisotopic (exact) mass is 374 g/mol. The highest BCUT2D eigenvalue weighted by Gasteiger charge is 2.43. The molecule has 0 aliphatic carbocycles. The Morgan fingerprint density at radius 3 is 2.50 bits per heavy atom. The van der Waals surface area contributed by atoms with E-state index in [1.807, 2.05) is 0 Å². The van der Waals surface area contributed by atoms with Crippen LogP contribution in [0.5, 0.6) is 0 Å². The van der Waals surface area contributed by atoms with E-state index < -0.39 is 28.7 Å². The van der Waals surface area contributed by atoms with Crippen LogP contribution in [-0.4, -0.2) is 22.1 Å². The third-order valence-electron chi connectivity index (χ3n) is 3.10. The number of thioether (sulfide) groups is 1. The molecular formula is C13H15N2O7PS. The molecule has 1 aromatic rings. The van der Waals surface area contributed by atoms with E-state index in [1.54, 1.807) is 20.8 Å². The summed E-state index contributed by atoms with van der Waals surface area (Å²) in [5.41, 5.74) is -1.73. The van der Waals surface area contributed by atoms with Crippen molar-refractivity contribution in [3.05, 3.63) is 49.1 Å². The van der Waals surface area contributed by atoms with Crippen molar-refractivity contribution in [1.82, 2.24) is 0 Å². The van der Waals surface area contributed by atoms with E-state index in [0.717, 1.165) is 17.8 Å². The molecule has 0 saturated carbocycles. The zero-order chi connectivity index (χ0) is 18.1. The van der Waals surface area contributed by atoms with Gasteiger partial charge < -0.3 is 4.52 Å². The number of nitro benzene ring substituents is 2. The van der Waals surface area contributed by atoms with Crippen LogP contribution in [-0.2, 0) is 13.6 Å². The van der Waals surface area contributed by atoms with Crippen LogP contribution >= 0.6 is 19.4 Å². The summed E-state index contributed by atoms with van der Waals surface area (Å²) in [6, 6.07) is 3.37. The maximum atomic E-state index is 12.4. The van der Waals surface area contributed by atoms with Crippen LogP contribution in [0.15, 0.2) is 33.8 Å². The molecule has 0 radical (unpaired) electrons. The molecule has 0 saturated heterocycles. The summed E-state index contributed by atoms with van der Waals surface area (Å²) in [5.74, 6) is 1.34. The summed E-state index contributed by atoms with van der Waals surface area (Å²) in [5, 5.41) is 22.0. The molecule has 130 valence electrons. The summed E-state index contributed by atoms with van der Waals surface area (Å²) in [7, 11) is -3.41. The standard InChI is InChI=1S/C13H15N2O7PS/c1-4-21-23(20)8-12(13(2,3)22-23)24-11-6-5-9(14(16)17)7-10(11)15(18)19/h5-8H,4H2,1-3H3/t23-/m0/s1. The minimum absolute atomic E-state index is 0.193. The van der Waals surface area contributed by atoms with E-state index in [0.29, 0.717) is 4.91 Å². The summed E-state index contributed by atoms with van der Waals surface area (Å²) >= 11 is 0.981. The van der Waals surface area contributed by atoms with Gasteiger partial charge >= 0.3 is 7.60 Å². The minimum Gasteiger partial charge on any atom is -0.306 e. The maximum absolute atomic E-state index is 12.4. The van der Waals surface area contributed by atoms with Crippen molar-refractivity contribution >= 4 is 30.7 Å². The lowest BCUT2D eigenvalue weighted by atomic mass is 10.1. The topological polar surface area (TPSA) is 122 Å². The van der Waals surface area contributed by atoms with Crippen molar-refractivity contribution in [2.24, 2.45) is 0 Å². The number of hydrogen-bond acceptors (Lipinski definition) is 8. The number of non-ortho nitro benzene ring substituents is 1. The number of nitrogens with zero attached hydrogens (tertiary/aromatic N) is 2. The molecule has 1 aliphatic rings. The second-order valence-corrected chi connectivity index (χ2v) is 8.18. The fourth-order valence-corrected chi connectivity index (χ4v) is 5.48. The van der Waals surface area contributed by atoms with Crippen LogP contribution in [0.4, 0.5) is 11.4 Å². The zero-order valence-corrected chi connectivity index (χ0v) is 14.8. The lowest BCUT2D eigenvalue weighted by Crippen LogP contribution is -2.19. The molecule has 24 heavy (non-hydrogen) atoms. The van der Waals surface area contributed by atoms with Crippen molar-refractivity contribution in [3.63, 3.8) is 0 Å². The molecule has 0 amide bonds. The number of nitro groups is 2. The van der Waals surface area contributed by atoms with Crippen LogP contribution in [0, 0.1) is 20.2 Å². The molecule has 1 aromatic carbocycles. The number of hydrogen-bond donors (Lipinski definition) is 0. The molecule has 0 N–H and O–H groups in total. The minimum atomic E-state index is -3.41. The summed E-state index contributed by atoms with van der Waals surface area (Å²) in [4.78, 5) is 21.3. The van der Waals surface area contributed by atoms with Gasteiger partial charge in [0.25, 0.3) is 11.4 Å². The predicted molar refractivity (Wildman–Crippen MR) is 88.1 cm³/mol. The van der Waals surface area contributed by atoms with Crippen LogP contribution in [0.1, 0.15) is 20.8 Å². The highest BCUT2D eigenvalue weighted by Crippen LogP contribution is 2.63. The van der Waals surface area contributed by atoms with Gasteiger partial charge in [0, 0.05) is 16.8 Å². The largest absolute Gasteiger partial charge is 0.355 e. The summed E-state index contributed by atoms with van der Waals surface area (Å²) < 4.78 is 23.0. The maximum Gasteiger partial charge on any atom is 0.355 e. The van der Waals surface area contributed by atoms with Crippen molar-refractivity contribution in [1.29, 1.82) is 0 Å². The number of rotatable bonds is 6.